The molecule has 0 aliphatic rings. The lowest BCUT2D eigenvalue weighted by atomic mass is 10.1. The Bertz CT molecular complexity index is 991. The summed E-state index contributed by atoms with van der Waals surface area (Å²) in [6, 6.07) is 13.4. The van der Waals surface area contributed by atoms with Gasteiger partial charge in [-0.2, -0.15) is 0 Å². The number of carbonyl (C=O) groups is 1. The zero-order valence-corrected chi connectivity index (χ0v) is 19.2. The van der Waals surface area contributed by atoms with Gasteiger partial charge in [-0.25, -0.2) is 4.98 Å². The minimum absolute atomic E-state index is 0.209. The van der Waals surface area contributed by atoms with Gasteiger partial charge in [-0.15, -0.1) is 11.3 Å². The van der Waals surface area contributed by atoms with Gasteiger partial charge in [0, 0.05) is 16.0 Å². The summed E-state index contributed by atoms with van der Waals surface area (Å²) in [6.07, 6.45) is 0. The summed E-state index contributed by atoms with van der Waals surface area (Å²) < 4.78 is 17.1. The number of amides is 1. The van der Waals surface area contributed by atoms with Gasteiger partial charge in [-0.1, -0.05) is 30.3 Å². The number of benzene rings is 2. The number of carbonyl (C=O) groups excluding carboxylic acids is 1. The number of ether oxygens (including phenoxy) is 3. The van der Waals surface area contributed by atoms with Gasteiger partial charge < -0.3 is 19.5 Å². The highest BCUT2D eigenvalue weighted by molar-refractivity contribution is 7.15. The monoisotopic (exact) mass is 440 g/mol. The highest BCUT2D eigenvalue weighted by Crippen LogP contribution is 2.39. The summed E-state index contributed by atoms with van der Waals surface area (Å²) in [5.74, 6) is 1.31. The Morgan fingerprint density at radius 3 is 2.16 bits per heavy atom. The summed E-state index contributed by atoms with van der Waals surface area (Å²) in [5, 5.41) is 3.94. The molecule has 0 fully saturated rings. The zero-order valence-electron chi connectivity index (χ0n) is 18.4. The number of rotatable bonds is 10. The van der Waals surface area contributed by atoms with E-state index in [1.54, 1.807) is 23.5 Å². The van der Waals surface area contributed by atoms with Crippen LogP contribution in [0.4, 0.5) is 0 Å². The molecular formula is C24H28N2O4S. The van der Waals surface area contributed by atoms with Crippen LogP contribution in [-0.2, 0) is 6.54 Å². The van der Waals surface area contributed by atoms with Gasteiger partial charge in [-0.3, -0.25) is 4.79 Å². The van der Waals surface area contributed by atoms with Crippen LogP contribution in [0.3, 0.4) is 0 Å². The Morgan fingerprint density at radius 2 is 1.58 bits per heavy atom. The number of nitrogens with zero attached hydrogens (tertiary/aromatic N) is 1. The molecule has 0 saturated heterocycles. The van der Waals surface area contributed by atoms with E-state index in [2.05, 4.69) is 10.3 Å². The molecule has 0 saturated carbocycles. The van der Waals surface area contributed by atoms with Crippen LogP contribution in [0.2, 0.25) is 0 Å². The quantitative estimate of drug-likeness (QED) is 0.467. The van der Waals surface area contributed by atoms with Crippen LogP contribution < -0.4 is 19.5 Å². The van der Waals surface area contributed by atoms with E-state index in [9.17, 15) is 4.79 Å². The van der Waals surface area contributed by atoms with Crippen molar-refractivity contribution in [3.63, 3.8) is 0 Å². The Balaban J connectivity index is 1.79. The van der Waals surface area contributed by atoms with Crippen molar-refractivity contribution in [2.24, 2.45) is 0 Å². The average molecular weight is 441 g/mol. The predicted octanol–water partition coefficient (Wildman–Crippen LogP) is 5.24. The third-order valence-electron chi connectivity index (χ3n) is 4.49. The van der Waals surface area contributed by atoms with Crippen LogP contribution in [0.25, 0.3) is 10.6 Å². The number of aryl methyl sites for hydroxylation is 1. The van der Waals surface area contributed by atoms with Crippen molar-refractivity contribution in [2.45, 2.75) is 34.2 Å². The van der Waals surface area contributed by atoms with Crippen molar-refractivity contribution < 1.29 is 19.0 Å². The van der Waals surface area contributed by atoms with Crippen molar-refractivity contribution in [2.75, 3.05) is 19.8 Å². The fourth-order valence-electron chi connectivity index (χ4n) is 3.08. The van der Waals surface area contributed by atoms with Crippen molar-refractivity contribution in [3.8, 4) is 27.8 Å². The number of hydrogen-bond donors (Lipinski definition) is 1. The molecule has 0 unspecified atom stereocenters. The molecule has 2 aromatic carbocycles. The first-order chi connectivity index (χ1) is 15.1. The fraction of sp³-hybridized carbons (Fsp3) is 0.333. The zero-order chi connectivity index (χ0) is 22.2. The van der Waals surface area contributed by atoms with Crippen molar-refractivity contribution in [1.82, 2.24) is 10.3 Å². The molecule has 0 aliphatic carbocycles. The number of nitrogens with one attached hydrogen (secondary N) is 1. The van der Waals surface area contributed by atoms with Gasteiger partial charge in [0.15, 0.2) is 11.5 Å². The molecule has 6 nitrogen and oxygen atoms in total. The Hall–Kier alpha value is -3.06. The van der Waals surface area contributed by atoms with Gasteiger partial charge in [0.1, 0.15) is 5.01 Å². The lowest BCUT2D eigenvalue weighted by Gasteiger charge is -2.17. The highest BCUT2D eigenvalue weighted by Gasteiger charge is 2.19. The number of hydrogen-bond acceptors (Lipinski definition) is 6. The maximum Gasteiger partial charge on any atom is 0.251 e. The molecule has 1 amide bonds. The minimum Gasteiger partial charge on any atom is -0.490 e. The van der Waals surface area contributed by atoms with Crippen LogP contribution in [-0.4, -0.2) is 30.7 Å². The molecule has 0 radical (unpaired) electrons. The van der Waals surface area contributed by atoms with Crippen molar-refractivity contribution in [1.29, 1.82) is 0 Å². The summed E-state index contributed by atoms with van der Waals surface area (Å²) in [5.41, 5.74) is 2.45. The normalized spacial score (nSPS) is 10.6. The van der Waals surface area contributed by atoms with E-state index in [-0.39, 0.29) is 5.91 Å². The number of aromatic nitrogens is 1. The highest BCUT2D eigenvalue weighted by atomic mass is 32.1. The van der Waals surface area contributed by atoms with Crippen LogP contribution in [0.5, 0.6) is 17.2 Å². The molecule has 31 heavy (non-hydrogen) atoms. The van der Waals surface area contributed by atoms with Crippen molar-refractivity contribution >= 4 is 17.2 Å². The Labute approximate surface area is 187 Å². The molecule has 1 N–H and O–H groups in total. The maximum atomic E-state index is 12.9. The van der Waals surface area contributed by atoms with Gasteiger partial charge in [0.2, 0.25) is 5.75 Å². The van der Waals surface area contributed by atoms with Gasteiger partial charge in [0.05, 0.1) is 32.1 Å². The molecule has 3 aromatic rings. The maximum absolute atomic E-state index is 12.9. The largest absolute Gasteiger partial charge is 0.490 e. The van der Waals surface area contributed by atoms with Gasteiger partial charge >= 0.3 is 0 Å². The van der Waals surface area contributed by atoms with Crippen molar-refractivity contribution in [3.05, 3.63) is 58.6 Å². The van der Waals surface area contributed by atoms with E-state index in [0.717, 1.165) is 21.1 Å². The summed E-state index contributed by atoms with van der Waals surface area (Å²) >= 11 is 1.59. The molecule has 0 bridgehead atoms. The van der Waals surface area contributed by atoms with Gasteiger partial charge in [0.25, 0.3) is 5.91 Å². The Morgan fingerprint density at radius 1 is 0.968 bits per heavy atom. The Kier molecular flexibility index (Phi) is 7.89. The first kappa shape index (κ1) is 22.6. The third kappa shape index (κ3) is 5.55. The number of thiazole rings is 1. The third-order valence-corrected chi connectivity index (χ3v) is 5.70. The second-order valence-electron chi connectivity index (χ2n) is 6.68. The van der Waals surface area contributed by atoms with Gasteiger partial charge in [-0.05, 0) is 39.8 Å². The van der Waals surface area contributed by atoms with Crippen LogP contribution in [0.1, 0.15) is 41.7 Å². The van der Waals surface area contributed by atoms with E-state index in [4.69, 9.17) is 14.2 Å². The summed E-state index contributed by atoms with van der Waals surface area (Å²) in [6.45, 7) is 9.42. The second-order valence-corrected chi connectivity index (χ2v) is 7.76. The topological polar surface area (TPSA) is 69.7 Å². The fourth-order valence-corrected chi connectivity index (χ4v) is 4.09. The summed E-state index contributed by atoms with van der Waals surface area (Å²) in [4.78, 5) is 18.6. The smallest absolute Gasteiger partial charge is 0.251 e. The molecule has 164 valence electrons. The van der Waals surface area contributed by atoms with Crippen LogP contribution in [0, 0.1) is 6.92 Å². The van der Waals surface area contributed by atoms with Crippen LogP contribution >= 0.6 is 11.3 Å². The van der Waals surface area contributed by atoms with E-state index < -0.39 is 0 Å². The first-order valence-corrected chi connectivity index (χ1v) is 11.2. The molecule has 0 spiro atoms. The first-order valence-electron chi connectivity index (χ1n) is 10.4. The summed E-state index contributed by atoms with van der Waals surface area (Å²) in [7, 11) is 0. The molecule has 7 heteroatoms. The molecular weight excluding hydrogens is 412 g/mol. The minimum atomic E-state index is -0.209. The van der Waals surface area contributed by atoms with E-state index in [0.29, 0.717) is 49.2 Å². The van der Waals surface area contributed by atoms with E-state index in [1.807, 2.05) is 58.0 Å². The predicted molar refractivity (Wildman–Crippen MR) is 123 cm³/mol. The van der Waals surface area contributed by atoms with E-state index >= 15 is 0 Å². The average Bonchev–Trinajstić information content (AvgIpc) is 3.15. The SMILES string of the molecule is CCOc1cc(C(=O)NCc2sc(-c3ccccc3)nc2C)cc(OCC)c1OCC. The lowest BCUT2D eigenvalue weighted by molar-refractivity contribution is 0.0950. The molecule has 0 atom stereocenters. The second kappa shape index (κ2) is 10.8. The molecule has 0 aliphatic heterocycles. The lowest BCUT2D eigenvalue weighted by Crippen LogP contribution is -2.23. The standard InChI is InChI=1S/C24H28N2O4S/c1-5-28-19-13-18(14-20(29-6-2)22(19)30-7-3)23(27)25-15-21-16(4)26-24(31-21)17-11-9-8-10-12-17/h8-14H,5-7,15H2,1-4H3,(H,25,27). The van der Waals surface area contributed by atoms with E-state index in [1.165, 1.54) is 0 Å². The van der Waals surface area contributed by atoms with Crippen LogP contribution in [0.15, 0.2) is 42.5 Å². The molecule has 1 heterocycles. The molecule has 1 aromatic heterocycles. The molecule has 3 rings (SSSR count).